The highest BCUT2D eigenvalue weighted by molar-refractivity contribution is 5.97. The van der Waals surface area contributed by atoms with Crippen LogP contribution in [0.1, 0.15) is 43.7 Å². The second-order valence-electron chi connectivity index (χ2n) is 7.22. The monoisotopic (exact) mass is 313 g/mol. The van der Waals surface area contributed by atoms with Crippen LogP contribution in [0.5, 0.6) is 0 Å². The van der Waals surface area contributed by atoms with E-state index >= 15 is 0 Å². The minimum absolute atomic E-state index is 0.0836. The Kier molecular flexibility index (Phi) is 3.39. The molecule has 1 aromatic rings. The smallest absolute Gasteiger partial charge is 0.232 e. The molecular weight excluding hydrogens is 290 g/mol. The molecule has 5 nitrogen and oxygen atoms in total. The molecule has 1 aromatic heterocycles. The highest BCUT2D eigenvalue weighted by atomic mass is 16.2. The van der Waals surface area contributed by atoms with Crippen LogP contribution in [-0.2, 0) is 22.4 Å². The molecule has 2 aliphatic heterocycles. The fourth-order valence-corrected chi connectivity index (χ4v) is 3.83. The summed E-state index contributed by atoms with van der Waals surface area (Å²) in [5.74, 6) is 1.36. The Labute approximate surface area is 136 Å². The molecule has 1 aliphatic carbocycles. The Hall–Kier alpha value is -1.91. The maximum Gasteiger partial charge on any atom is 0.232 e. The minimum Gasteiger partial charge on any atom is -0.342 e. The molecule has 4 rings (SSSR count). The minimum atomic E-state index is -0.360. The van der Waals surface area contributed by atoms with Crippen LogP contribution in [0.3, 0.4) is 0 Å². The first-order valence-corrected chi connectivity index (χ1v) is 8.69. The van der Waals surface area contributed by atoms with E-state index in [0.29, 0.717) is 24.8 Å². The summed E-state index contributed by atoms with van der Waals surface area (Å²) in [6.45, 7) is 3.53. The normalized spacial score (nSPS) is 22.7. The maximum atomic E-state index is 12.7. The molecular formula is C18H23N3O2. The molecule has 3 aliphatic rings. The van der Waals surface area contributed by atoms with Crippen molar-refractivity contribution in [2.45, 2.75) is 45.4 Å². The van der Waals surface area contributed by atoms with Gasteiger partial charge in [-0.15, -0.1) is 0 Å². The van der Waals surface area contributed by atoms with Gasteiger partial charge in [0.25, 0.3) is 0 Å². The molecule has 0 aromatic carbocycles. The molecule has 5 heteroatoms. The van der Waals surface area contributed by atoms with Crippen molar-refractivity contribution in [3.63, 3.8) is 0 Å². The van der Waals surface area contributed by atoms with E-state index in [0.717, 1.165) is 44.1 Å². The van der Waals surface area contributed by atoms with Gasteiger partial charge in [0, 0.05) is 25.2 Å². The molecule has 0 unspecified atom stereocenters. The van der Waals surface area contributed by atoms with Crippen molar-refractivity contribution in [2.24, 2.45) is 11.3 Å². The average Bonchev–Trinajstić information content (AvgIpc) is 3.41. The van der Waals surface area contributed by atoms with Crippen LogP contribution in [0.4, 0.5) is 5.82 Å². The summed E-state index contributed by atoms with van der Waals surface area (Å²) in [6.07, 6.45) is 7.14. The van der Waals surface area contributed by atoms with Crippen molar-refractivity contribution < 1.29 is 9.59 Å². The van der Waals surface area contributed by atoms with E-state index in [1.54, 1.807) is 0 Å². The van der Waals surface area contributed by atoms with Gasteiger partial charge in [0.15, 0.2) is 0 Å². The zero-order valence-corrected chi connectivity index (χ0v) is 13.6. The number of pyridine rings is 1. The van der Waals surface area contributed by atoms with E-state index in [-0.39, 0.29) is 17.2 Å². The lowest BCUT2D eigenvalue weighted by Crippen LogP contribution is -2.51. The van der Waals surface area contributed by atoms with Crippen LogP contribution in [0.15, 0.2) is 12.3 Å². The number of aromatic nitrogens is 1. The number of anilines is 1. The largest absolute Gasteiger partial charge is 0.342 e. The number of nitrogens with zero attached hydrogens (tertiary/aromatic N) is 2. The molecule has 2 amide bonds. The summed E-state index contributed by atoms with van der Waals surface area (Å²) in [6, 6.07) is 2.17. The number of rotatable bonds is 2. The number of carbonyl (C=O) groups is 2. The van der Waals surface area contributed by atoms with E-state index in [2.05, 4.69) is 23.3 Å². The number of hydrogen-bond donors (Lipinski definition) is 1. The van der Waals surface area contributed by atoms with Crippen LogP contribution in [0, 0.1) is 11.3 Å². The third kappa shape index (κ3) is 2.52. The van der Waals surface area contributed by atoms with Crippen molar-refractivity contribution in [3.05, 3.63) is 23.4 Å². The summed E-state index contributed by atoms with van der Waals surface area (Å²) in [5, 5.41) is 3.00. The van der Waals surface area contributed by atoms with Crippen LogP contribution >= 0.6 is 0 Å². The first-order chi connectivity index (χ1) is 11.1. The van der Waals surface area contributed by atoms with Gasteiger partial charge in [-0.3, -0.25) is 9.59 Å². The number of fused-ring (bicyclic) bond motifs is 1. The maximum absolute atomic E-state index is 12.7. The molecule has 2 fully saturated rings. The number of amides is 2. The Morgan fingerprint density at radius 3 is 2.78 bits per heavy atom. The van der Waals surface area contributed by atoms with Gasteiger partial charge >= 0.3 is 0 Å². The molecule has 0 atom stereocenters. The third-order valence-electron chi connectivity index (χ3n) is 5.63. The summed E-state index contributed by atoms with van der Waals surface area (Å²) < 4.78 is 0. The quantitative estimate of drug-likeness (QED) is 0.910. The fraction of sp³-hybridized carbons (Fsp3) is 0.611. The molecule has 1 saturated heterocycles. The lowest BCUT2D eigenvalue weighted by molar-refractivity contribution is -0.139. The number of nitrogens with one attached hydrogen (secondary N) is 1. The molecule has 0 radical (unpaired) electrons. The van der Waals surface area contributed by atoms with Crippen LogP contribution in [-0.4, -0.2) is 34.8 Å². The van der Waals surface area contributed by atoms with Crippen molar-refractivity contribution in [2.75, 3.05) is 18.4 Å². The zero-order chi connectivity index (χ0) is 16.0. The first kappa shape index (κ1) is 14.7. The summed E-state index contributed by atoms with van der Waals surface area (Å²) in [5.41, 5.74) is 1.99. The van der Waals surface area contributed by atoms with Gasteiger partial charge in [-0.05, 0) is 49.7 Å². The second-order valence-corrected chi connectivity index (χ2v) is 7.22. The summed E-state index contributed by atoms with van der Waals surface area (Å²) in [4.78, 5) is 31.2. The van der Waals surface area contributed by atoms with Gasteiger partial charge in [-0.1, -0.05) is 13.0 Å². The predicted octanol–water partition coefficient (Wildman–Crippen LogP) is 2.16. The highest BCUT2D eigenvalue weighted by Crippen LogP contribution is 2.42. The fourth-order valence-electron chi connectivity index (χ4n) is 3.83. The lowest BCUT2D eigenvalue weighted by atomic mass is 9.71. The standard InChI is InChI=1S/C18H23N3O2/c1-2-12-9-14-10-18(17(23)20-15(14)19-11-12)5-7-21(8-6-18)16(22)13-3-4-13/h9,11,13H,2-8,10H2,1H3,(H,19,20,23). The van der Waals surface area contributed by atoms with Crippen molar-refractivity contribution >= 4 is 17.6 Å². The molecule has 0 bridgehead atoms. The second kappa shape index (κ2) is 5.32. The van der Waals surface area contributed by atoms with Gasteiger partial charge in [-0.25, -0.2) is 4.98 Å². The van der Waals surface area contributed by atoms with Crippen molar-refractivity contribution in [1.82, 2.24) is 9.88 Å². The van der Waals surface area contributed by atoms with Gasteiger partial charge < -0.3 is 10.2 Å². The first-order valence-electron chi connectivity index (χ1n) is 8.69. The summed E-state index contributed by atoms with van der Waals surface area (Å²) in [7, 11) is 0. The van der Waals surface area contributed by atoms with E-state index in [9.17, 15) is 9.59 Å². The van der Waals surface area contributed by atoms with E-state index < -0.39 is 0 Å². The van der Waals surface area contributed by atoms with Crippen molar-refractivity contribution in [3.8, 4) is 0 Å². The number of carbonyl (C=O) groups excluding carboxylic acids is 2. The van der Waals surface area contributed by atoms with Gasteiger partial charge in [-0.2, -0.15) is 0 Å². The molecule has 1 N–H and O–H groups in total. The number of hydrogen-bond acceptors (Lipinski definition) is 3. The molecule has 23 heavy (non-hydrogen) atoms. The van der Waals surface area contributed by atoms with E-state index in [4.69, 9.17) is 0 Å². The Balaban J connectivity index is 1.52. The zero-order valence-electron chi connectivity index (χ0n) is 13.6. The van der Waals surface area contributed by atoms with Gasteiger partial charge in [0.2, 0.25) is 11.8 Å². The Morgan fingerprint density at radius 1 is 1.39 bits per heavy atom. The Bertz CT molecular complexity index is 658. The number of piperidine rings is 1. The van der Waals surface area contributed by atoms with E-state index in [1.165, 1.54) is 5.56 Å². The van der Waals surface area contributed by atoms with Crippen LogP contribution in [0.2, 0.25) is 0 Å². The topological polar surface area (TPSA) is 62.3 Å². The lowest BCUT2D eigenvalue weighted by Gasteiger charge is -2.43. The van der Waals surface area contributed by atoms with E-state index in [1.807, 2.05) is 11.1 Å². The average molecular weight is 313 g/mol. The van der Waals surface area contributed by atoms with Crippen LogP contribution in [0.25, 0.3) is 0 Å². The Morgan fingerprint density at radius 2 is 2.13 bits per heavy atom. The van der Waals surface area contributed by atoms with Gasteiger partial charge in [0.1, 0.15) is 5.82 Å². The highest BCUT2D eigenvalue weighted by Gasteiger charge is 2.46. The molecule has 122 valence electrons. The third-order valence-corrected chi connectivity index (χ3v) is 5.63. The van der Waals surface area contributed by atoms with Crippen molar-refractivity contribution in [1.29, 1.82) is 0 Å². The SMILES string of the molecule is CCc1cnc2c(c1)CC1(CCN(C(=O)C3CC3)CC1)C(=O)N2. The number of likely N-dealkylation sites (tertiary alicyclic amines) is 1. The molecule has 1 spiro atoms. The van der Waals surface area contributed by atoms with Gasteiger partial charge in [0.05, 0.1) is 5.41 Å². The predicted molar refractivity (Wildman–Crippen MR) is 86.9 cm³/mol. The molecule has 3 heterocycles. The van der Waals surface area contributed by atoms with Crippen LogP contribution < -0.4 is 5.32 Å². The number of aryl methyl sites for hydroxylation is 1. The summed E-state index contributed by atoms with van der Waals surface area (Å²) >= 11 is 0. The molecule has 1 saturated carbocycles.